The van der Waals surface area contributed by atoms with Gasteiger partial charge in [0.05, 0.1) is 6.10 Å². The largest absolute Gasteiger partial charge is 0.378 e. The number of carbonyl (C=O) groups is 1. The standard InChI is InChI=1S/C12H24N2O2/c1-5-16-10-8-9(12(10,2)3)14(4)11(15)6-7-13/h9-10H,5-8,13H2,1-4H3. The summed E-state index contributed by atoms with van der Waals surface area (Å²) in [6.07, 6.45) is 1.64. The normalized spacial score (nSPS) is 27.3. The van der Waals surface area contributed by atoms with E-state index in [4.69, 9.17) is 10.5 Å². The van der Waals surface area contributed by atoms with Crippen molar-refractivity contribution < 1.29 is 9.53 Å². The predicted molar refractivity (Wildman–Crippen MR) is 64.0 cm³/mol. The molecule has 2 unspecified atom stereocenters. The smallest absolute Gasteiger partial charge is 0.223 e. The third kappa shape index (κ3) is 2.38. The van der Waals surface area contributed by atoms with Crippen LogP contribution in [-0.2, 0) is 9.53 Å². The van der Waals surface area contributed by atoms with Gasteiger partial charge in [0.1, 0.15) is 0 Å². The molecule has 0 radical (unpaired) electrons. The Bertz CT molecular complexity index is 253. The molecule has 0 heterocycles. The summed E-state index contributed by atoms with van der Waals surface area (Å²) >= 11 is 0. The molecule has 0 aromatic heterocycles. The van der Waals surface area contributed by atoms with Crippen molar-refractivity contribution in [1.29, 1.82) is 0 Å². The van der Waals surface area contributed by atoms with Crippen molar-refractivity contribution in [1.82, 2.24) is 4.90 Å². The van der Waals surface area contributed by atoms with Gasteiger partial charge in [-0.2, -0.15) is 0 Å². The number of nitrogens with two attached hydrogens (primary N) is 1. The maximum Gasteiger partial charge on any atom is 0.223 e. The number of nitrogens with zero attached hydrogens (tertiary/aromatic N) is 1. The lowest BCUT2D eigenvalue weighted by molar-refractivity contribution is -0.163. The van der Waals surface area contributed by atoms with Crippen molar-refractivity contribution >= 4 is 5.91 Å². The second kappa shape index (κ2) is 5.15. The fourth-order valence-electron chi connectivity index (χ4n) is 2.48. The fraction of sp³-hybridized carbons (Fsp3) is 0.917. The highest BCUT2D eigenvalue weighted by molar-refractivity contribution is 5.76. The second-order valence-electron chi connectivity index (χ2n) is 5.06. The van der Waals surface area contributed by atoms with Crippen molar-refractivity contribution in [2.75, 3.05) is 20.2 Å². The van der Waals surface area contributed by atoms with Crippen molar-refractivity contribution in [3.63, 3.8) is 0 Å². The van der Waals surface area contributed by atoms with Crippen LogP contribution in [0.2, 0.25) is 0 Å². The Morgan fingerprint density at radius 1 is 1.56 bits per heavy atom. The van der Waals surface area contributed by atoms with Crippen LogP contribution < -0.4 is 5.73 Å². The van der Waals surface area contributed by atoms with E-state index in [0.717, 1.165) is 13.0 Å². The molecule has 0 bridgehead atoms. The van der Waals surface area contributed by atoms with E-state index < -0.39 is 0 Å². The molecule has 1 aliphatic carbocycles. The monoisotopic (exact) mass is 228 g/mol. The second-order valence-corrected chi connectivity index (χ2v) is 5.06. The number of carbonyl (C=O) groups excluding carboxylic acids is 1. The molecule has 94 valence electrons. The van der Waals surface area contributed by atoms with Gasteiger partial charge in [-0.05, 0) is 13.3 Å². The molecule has 2 N–H and O–H groups in total. The zero-order valence-corrected chi connectivity index (χ0v) is 10.8. The summed E-state index contributed by atoms with van der Waals surface area (Å²) in [4.78, 5) is 13.6. The van der Waals surface area contributed by atoms with Crippen molar-refractivity contribution in [3.8, 4) is 0 Å². The van der Waals surface area contributed by atoms with Crippen LogP contribution in [0.1, 0.15) is 33.6 Å². The first-order valence-electron chi connectivity index (χ1n) is 6.02. The molecule has 0 aromatic rings. The van der Waals surface area contributed by atoms with E-state index >= 15 is 0 Å². The van der Waals surface area contributed by atoms with Crippen LogP contribution in [0.25, 0.3) is 0 Å². The highest BCUT2D eigenvalue weighted by Crippen LogP contribution is 2.45. The van der Waals surface area contributed by atoms with Gasteiger partial charge in [-0.25, -0.2) is 0 Å². The van der Waals surface area contributed by atoms with Gasteiger partial charge < -0.3 is 15.4 Å². The molecule has 1 saturated carbocycles. The van der Waals surface area contributed by atoms with E-state index in [1.807, 2.05) is 18.9 Å². The summed E-state index contributed by atoms with van der Waals surface area (Å²) in [5, 5.41) is 0. The maximum absolute atomic E-state index is 11.7. The number of amides is 1. The zero-order chi connectivity index (χ0) is 12.3. The van der Waals surface area contributed by atoms with Gasteiger partial charge in [0.25, 0.3) is 0 Å². The summed E-state index contributed by atoms with van der Waals surface area (Å²) in [5.74, 6) is 0.135. The number of hydrogen-bond acceptors (Lipinski definition) is 3. The summed E-state index contributed by atoms with van der Waals surface area (Å²) in [6, 6.07) is 0.281. The van der Waals surface area contributed by atoms with Crippen LogP contribution in [0, 0.1) is 5.41 Å². The Morgan fingerprint density at radius 2 is 2.19 bits per heavy atom. The van der Waals surface area contributed by atoms with Gasteiger partial charge in [0.15, 0.2) is 0 Å². The van der Waals surface area contributed by atoms with E-state index in [-0.39, 0.29) is 23.5 Å². The minimum Gasteiger partial charge on any atom is -0.378 e. The quantitative estimate of drug-likeness (QED) is 0.763. The molecular weight excluding hydrogens is 204 g/mol. The Labute approximate surface area is 98.1 Å². The van der Waals surface area contributed by atoms with Crippen molar-refractivity contribution in [3.05, 3.63) is 0 Å². The first-order valence-corrected chi connectivity index (χ1v) is 6.02. The van der Waals surface area contributed by atoms with E-state index in [1.54, 1.807) is 0 Å². The van der Waals surface area contributed by atoms with Crippen LogP contribution in [-0.4, -0.2) is 43.2 Å². The van der Waals surface area contributed by atoms with Crippen molar-refractivity contribution in [2.24, 2.45) is 11.1 Å². The van der Waals surface area contributed by atoms with E-state index in [2.05, 4.69) is 13.8 Å². The molecule has 1 fully saturated rings. The van der Waals surface area contributed by atoms with Crippen molar-refractivity contribution in [2.45, 2.75) is 45.8 Å². The summed E-state index contributed by atoms with van der Waals surface area (Å²) < 4.78 is 5.65. The van der Waals surface area contributed by atoms with E-state index in [0.29, 0.717) is 13.0 Å². The lowest BCUT2D eigenvalue weighted by Crippen LogP contribution is -2.62. The van der Waals surface area contributed by atoms with Crippen LogP contribution in [0.3, 0.4) is 0 Å². The molecular formula is C12H24N2O2. The minimum absolute atomic E-state index is 0.0506. The molecule has 0 saturated heterocycles. The molecule has 0 aromatic carbocycles. The fourth-order valence-corrected chi connectivity index (χ4v) is 2.48. The maximum atomic E-state index is 11.7. The van der Waals surface area contributed by atoms with Crippen LogP contribution in [0.15, 0.2) is 0 Å². The van der Waals surface area contributed by atoms with Crippen LogP contribution >= 0.6 is 0 Å². The third-order valence-corrected chi connectivity index (χ3v) is 3.71. The van der Waals surface area contributed by atoms with Gasteiger partial charge >= 0.3 is 0 Å². The summed E-state index contributed by atoms with van der Waals surface area (Å²) in [5.41, 5.74) is 5.45. The highest BCUT2D eigenvalue weighted by Gasteiger charge is 2.51. The average molecular weight is 228 g/mol. The molecule has 16 heavy (non-hydrogen) atoms. The van der Waals surface area contributed by atoms with E-state index in [1.165, 1.54) is 0 Å². The molecule has 0 aliphatic heterocycles. The first kappa shape index (κ1) is 13.5. The summed E-state index contributed by atoms with van der Waals surface area (Å²) in [7, 11) is 1.87. The molecule has 4 nitrogen and oxygen atoms in total. The Balaban J connectivity index is 2.54. The molecule has 1 rings (SSSR count). The van der Waals surface area contributed by atoms with Gasteiger partial charge in [-0.3, -0.25) is 4.79 Å². The van der Waals surface area contributed by atoms with E-state index in [9.17, 15) is 4.79 Å². The van der Waals surface area contributed by atoms with Gasteiger partial charge in [0.2, 0.25) is 5.91 Å². The number of rotatable bonds is 5. The summed E-state index contributed by atoms with van der Waals surface area (Å²) in [6.45, 7) is 7.49. The number of ether oxygens (including phenoxy) is 1. The van der Waals surface area contributed by atoms with Crippen LogP contribution in [0.5, 0.6) is 0 Å². The van der Waals surface area contributed by atoms with Gasteiger partial charge in [0, 0.05) is 38.1 Å². The third-order valence-electron chi connectivity index (χ3n) is 3.71. The molecule has 0 spiro atoms. The Kier molecular flexibility index (Phi) is 4.33. The number of hydrogen-bond donors (Lipinski definition) is 1. The van der Waals surface area contributed by atoms with Gasteiger partial charge in [-0.1, -0.05) is 13.8 Å². The highest BCUT2D eigenvalue weighted by atomic mass is 16.5. The zero-order valence-electron chi connectivity index (χ0n) is 10.8. The lowest BCUT2D eigenvalue weighted by atomic mass is 9.63. The minimum atomic E-state index is 0.0506. The topological polar surface area (TPSA) is 55.6 Å². The van der Waals surface area contributed by atoms with Gasteiger partial charge in [-0.15, -0.1) is 0 Å². The Hall–Kier alpha value is -0.610. The Morgan fingerprint density at radius 3 is 2.62 bits per heavy atom. The molecule has 1 amide bonds. The molecule has 4 heteroatoms. The van der Waals surface area contributed by atoms with Crippen LogP contribution in [0.4, 0.5) is 0 Å². The first-order chi connectivity index (χ1) is 7.45. The predicted octanol–water partition coefficient (Wildman–Crippen LogP) is 0.997. The lowest BCUT2D eigenvalue weighted by Gasteiger charge is -2.54. The molecule has 2 atom stereocenters. The molecule has 1 aliphatic rings. The SMILES string of the molecule is CCOC1CC(N(C)C(=O)CCN)C1(C)C. The average Bonchev–Trinajstić information content (AvgIpc) is 2.23.